The molecule has 2 aliphatic rings. The molecule has 4 nitrogen and oxygen atoms in total. The molecule has 3 rings (SSSR count). The summed E-state index contributed by atoms with van der Waals surface area (Å²) in [5.74, 6) is -0.218. The van der Waals surface area contributed by atoms with E-state index >= 15 is 0 Å². The Kier molecular flexibility index (Phi) is 7.02. The van der Waals surface area contributed by atoms with Gasteiger partial charge in [-0.3, -0.25) is 4.79 Å². The maximum Gasteiger partial charge on any atom is 0.239 e. The topological polar surface area (TPSA) is 50.4 Å². The van der Waals surface area contributed by atoms with Gasteiger partial charge in [0, 0.05) is 18.5 Å². The van der Waals surface area contributed by atoms with Gasteiger partial charge in [-0.1, -0.05) is 31.4 Å². The first-order valence-electron chi connectivity index (χ1n) is 8.55. The first-order chi connectivity index (χ1) is 11.2. The lowest BCUT2D eigenvalue weighted by atomic mass is 9.69. The number of carbonyl (C=O) groups excluding carboxylic acids is 1. The lowest BCUT2D eigenvalue weighted by molar-refractivity contribution is -0.126. The molecule has 1 saturated heterocycles. The molecule has 1 unspecified atom stereocenters. The second kappa shape index (κ2) is 8.79. The summed E-state index contributed by atoms with van der Waals surface area (Å²) >= 11 is 0. The van der Waals surface area contributed by atoms with E-state index in [2.05, 4.69) is 10.6 Å². The van der Waals surface area contributed by atoms with E-state index in [4.69, 9.17) is 4.74 Å². The number of benzene rings is 1. The molecule has 2 fully saturated rings. The highest BCUT2D eigenvalue weighted by Crippen LogP contribution is 2.39. The van der Waals surface area contributed by atoms with Gasteiger partial charge in [-0.15, -0.1) is 12.4 Å². The Morgan fingerprint density at radius 2 is 1.96 bits per heavy atom. The summed E-state index contributed by atoms with van der Waals surface area (Å²) in [6.07, 6.45) is 5.60. The van der Waals surface area contributed by atoms with Crippen LogP contribution in [-0.4, -0.2) is 38.3 Å². The summed E-state index contributed by atoms with van der Waals surface area (Å²) in [6.45, 7) is 2.40. The van der Waals surface area contributed by atoms with Crippen LogP contribution in [0.2, 0.25) is 0 Å². The Morgan fingerprint density at radius 1 is 1.25 bits per heavy atom. The zero-order valence-electron chi connectivity index (χ0n) is 13.9. The Morgan fingerprint density at radius 3 is 2.58 bits per heavy atom. The zero-order chi connectivity index (χ0) is 16.1. The van der Waals surface area contributed by atoms with Crippen molar-refractivity contribution in [1.29, 1.82) is 0 Å². The standard InChI is InChI=1S/C18H25FN2O2.ClH/c19-15-6-4-14(5-7-15)18(8-2-1-3-9-18)13-21-17(22)16-12-23-11-10-20-16;/h4-7,16,20H,1-3,8-13H2,(H,21,22);1H. The normalized spacial score (nSPS) is 23.1. The van der Waals surface area contributed by atoms with Crippen LogP contribution in [0, 0.1) is 5.82 Å². The van der Waals surface area contributed by atoms with Crippen molar-refractivity contribution in [3.63, 3.8) is 0 Å². The van der Waals surface area contributed by atoms with Gasteiger partial charge in [-0.05, 0) is 30.5 Å². The number of nitrogens with one attached hydrogen (secondary N) is 2. The van der Waals surface area contributed by atoms with Gasteiger partial charge in [0.1, 0.15) is 11.9 Å². The van der Waals surface area contributed by atoms with Crippen molar-refractivity contribution in [3.05, 3.63) is 35.6 Å². The van der Waals surface area contributed by atoms with E-state index in [0.717, 1.165) is 31.2 Å². The van der Waals surface area contributed by atoms with E-state index in [9.17, 15) is 9.18 Å². The number of halogens is 2. The predicted molar refractivity (Wildman–Crippen MR) is 94.0 cm³/mol. The van der Waals surface area contributed by atoms with Crippen molar-refractivity contribution in [2.75, 3.05) is 26.3 Å². The highest BCUT2D eigenvalue weighted by atomic mass is 35.5. The number of amides is 1. The molecule has 0 aromatic heterocycles. The Labute approximate surface area is 148 Å². The van der Waals surface area contributed by atoms with Gasteiger partial charge in [-0.25, -0.2) is 4.39 Å². The molecule has 1 aliphatic heterocycles. The molecular weight excluding hydrogens is 331 g/mol. The van der Waals surface area contributed by atoms with Crippen LogP contribution in [0.4, 0.5) is 4.39 Å². The summed E-state index contributed by atoms with van der Waals surface area (Å²) in [4.78, 5) is 12.4. The summed E-state index contributed by atoms with van der Waals surface area (Å²) < 4.78 is 18.6. The van der Waals surface area contributed by atoms with Crippen LogP contribution in [0.5, 0.6) is 0 Å². The molecule has 2 N–H and O–H groups in total. The summed E-state index contributed by atoms with van der Waals surface area (Å²) in [7, 11) is 0. The summed E-state index contributed by atoms with van der Waals surface area (Å²) in [5.41, 5.74) is 1.06. The summed E-state index contributed by atoms with van der Waals surface area (Å²) in [5, 5.41) is 6.28. The molecule has 1 aromatic carbocycles. The molecule has 0 bridgehead atoms. The number of hydrogen-bond donors (Lipinski definition) is 2. The molecule has 0 spiro atoms. The molecule has 24 heavy (non-hydrogen) atoms. The third-order valence-corrected chi connectivity index (χ3v) is 5.11. The van der Waals surface area contributed by atoms with Crippen LogP contribution in [-0.2, 0) is 14.9 Å². The Hall–Kier alpha value is -1.17. The molecular formula is C18H26ClFN2O2. The number of rotatable bonds is 4. The quantitative estimate of drug-likeness (QED) is 0.871. The number of hydrogen-bond acceptors (Lipinski definition) is 3. The lowest BCUT2D eigenvalue weighted by Crippen LogP contribution is -2.53. The Balaban J connectivity index is 0.00000208. The maximum atomic E-state index is 13.2. The third kappa shape index (κ3) is 4.47. The lowest BCUT2D eigenvalue weighted by Gasteiger charge is -2.38. The van der Waals surface area contributed by atoms with E-state index in [-0.39, 0.29) is 35.6 Å². The van der Waals surface area contributed by atoms with Gasteiger partial charge >= 0.3 is 0 Å². The molecule has 1 saturated carbocycles. The van der Waals surface area contributed by atoms with Crippen LogP contribution >= 0.6 is 12.4 Å². The fourth-order valence-electron chi connectivity index (χ4n) is 3.71. The number of carbonyl (C=O) groups is 1. The van der Waals surface area contributed by atoms with Crippen molar-refractivity contribution in [2.24, 2.45) is 0 Å². The van der Waals surface area contributed by atoms with Gasteiger partial charge in [0.2, 0.25) is 5.91 Å². The zero-order valence-corrected chi connectivity index (χ0v) is 14.7. The van der Waals surface area contributed by atoms with Crippen LogP contribution in [0.1, 0.15) is 37.7 Å². The smallest absolute Gasteiger partial charge is 0.239 e. The molecule has 1 aromatic rings. The molecule has 1 aliphatic carbocycles. The van der Waals surface area contributed by atoms with Crippen LogP contribution < -0.4 is 10.6 Å². The van der Waals surface area contributed by atoms with Gasteiger partial charge in [0.05, 0.1) is 13.2 Å². The van der Waals surface area contributed by atoms with E-state index in [0.29, 0.717) is 26.3 Å². The minimum atomic E-state index is -0.266. The maximum absolute atomic E-state index is 13.2. The van der Waals surface area contributed by atoms with Gasteiger partial charge in [-0.2, -0.15) is 0 Å². The van der Waals surface area contributed by atoms with E-state index < -0.39 is 0 Å². The fraction of sp³-hybridized carbons (Fsp3) is 0.611. The van der Waals surface area contributed by atoms with Crippen molar-refractivity contribution < 1.29 is 13.9 Å². The molecule has 1 amide bonds. The average molecular weight is 357 g/mol. The van der Waals surface area contributed by atoms with Crippen molar-refractivity contribution in [1.82, 2.24) is 10.6 Å². The minimum absolute atomic E-state index is 0. The van der Waals surface area contributed by atoms with E-state index in [1.165, 1.54) is 18.6 Å². The first-order valence-corrected chi connectivity index (χ1v) is 8.55. The highest BCUT2D eigenvalue weighted by molar-refractivity contribution is 5.85. The predicted octanol–water partition coefficient (Wildman–Crippen LogP) is 2.55. The number of ether oxygens (including phenoxy) is 1. The minimum Gasteiger partial charge on any atom is -0.378 e. The third-order valence-electron chi connectivity index (χ3n) is 5.11. The van der Waals surface area contributed by atoms with E-state index in [1.54, 1.807) is 0 Å². The average Bonchev–Trinajstić information content (AvgIpc) is 2.62. The largest absolute Gasteiger partial charge is 0.378 e. The van der Waals surface area contributed by atoms with Gasteiger partial charge < -0.3 is 15.4 Å². The number of morpholine rings is 1. The van der Waals surface area contributed by atoms with Crippen molar-refractivity contribution in [2.45, 2.75) is 43.6 Å². The van der Waals surface area contributed by atoms with Crippen LogP contribution in [0.3, 0.4) is 0 Å². The molecule has 6 heteroatoms. The molecule has 0 radical (unpaired) electrons. The fourth-order valence-corrected chi connectivity index (χ4v) is 3.71. The van der Waals surface area contributed by atoms with Gasteiger partial charge in [0.25, 0.3) is 0 Å². The second-order valence-electron chi connectivity index (χ2n) is 6.65. The SMILES string of the molecule is Cl.O=C(NCC1(c2ccc(F)cc2)CCCCC1)C1COCCN1. The van der Waals surface area contributed by atoms with Gasteiger partial charge in [0.15, 0.2) is 0 Å². The second-order valence-corrected chi connectivity index (χ2v) is 6.65. The molecule has 134 valence electrons. The molecule has 1 atom stereocenters. The Bertz CT molecular complexity index is 526. The van der Waals surface area contributed by atoms with Crippen LogP contribution in [0.25, 0.3) is 0 Å². The van der Waals surface area contributed by atoms with Crippen LogP contribution in [0.15, 0.2) is 24.3 Å². The van der Waals surface area contributed by atoms with Crippen molar-refractivity contribution in [3.8, 4) is 0 Å². The highest BCUT2D eigenvalue weighted by Gasteiger charge is 2.35. The van der Waals surface area contributed by atoms with E-state index in [1.807, 2.05) is 12.1 Å². The molecule has 1 heterocycles. The first kappa shape index (κ1) is 19.2. The summed E-state index contributed by atoms with van der Waals surface area (Å²) in [6, 6.07) is 6.51. The monoisotopic (exact) mass is 356 g/mol. The van der Waals surface area contributed by atoms with Crippen molar-refractivity contribution >= 4 is 18.3 Å².